The zero-order valence-electron chi connectivity index (χ0n) is 16.5. The second kappa shape index (κ2) is 8.94. The van der Waals surface area contributed by atoms with Crippen molar-refractivity contribution in [1.29, 1.82) is 0 Å². The van der Waals surface area contributed by atoms with Crippen molar-refractivity contribution in [1.82, 2.24) is 4.90 Å². The van der Waals surface area contributed by atoms with E-state index in [9.17, 15) is 10.1 Å². The quantitative estimate of drug-likeness (QED) is 0.450. The summed E-state index contributed by atoms with van der Waals surface area (Å²) in [5.41, 5.74) is 10.2. The van der Waals surface area contributed by atoms with E-state index in [2.05, 4.69) is 17.0 Å². The molecule has 0 amide bonds. The van der Waals surface area contributed by atoms with Gasteiger partial charge in [-0.2, -0.15) is 0 Å². The fraction of sp³-hybridized carbons (Fsp3) is 0.217. The first kappa shape index (κ1) is 19.9. The van der Waals surface area contributed by atoms with Crippen LogP contribution in [0.3, 0.4) is 0 Å². The number of hydrogen-bond donors (Lipinski definition) is 1. The summed E-state index contributed by atoms with van der Waals surface area (Å²) in [6.07, 6.45) is 0. The Balaban J connectivity index is 1.53. The van der Waals surface area contributed by atoms with Crippen LogP contribution in [0.25, 0.3) is 0 Å². The average molecular weight is 405 g/mol. The number of nitrogens with zero attached hydrogens (tertiary/aromatic N) is 2. The highest BCUT2D eigenvalue weighted by molar-refractivity contribution is 5.44. The van der Waals surface area contributed by atoms with Crippen LogP contribution in [0.4, 0.5) is 5.69 Å². The van der Waals surface area contributed by atoms with E-state index in [4.69, 9.17) is 15.2 Å². The summed E-state index contributed by atoms with van der Waals surface area (Å²) in [5, 5.41) is 10.9. The molecule has 7 nitrogen and oxygen atoms in total. The maximum absolute atomic E-state index is 10.9. The second-order valence-corrected chi connectivity index (χ2v) is 7.28. The van der Waals surface area contributed by atoms with Gasteiger partial charge in [-0.15, -0.1) is 0 Å². The van der Waals surface area contributed by atoms with Gasteiger partial charge in [0.05, 0.1) is 4.92 Å². The van der Waals surface area contributed by atoms with Crippen molar-refractivity contribution < 1.29 is 14.4 Å². The number of rotatable bonds is 8. The molecule has 7 heteroatoms. The van der Waals surface area contributed by atoms with Crippen molar-refractivity contribution in [3.05, 3.63) is 99.1 Å². The van der Waals surface area contributed by atoms with Gasteiger partial charge in [0, 0.05) is 38.3 Å². The minimum Gasteiger partial charge on any atom is -0.454 e. The third-order valence-electron chi connectivity index (χ3n) is 5.06. The molecule has 0 unspecified atom stereocenters. The minimum absolute atomic E-state index is 0.0958. The van der Waals surface area contributed by atoms with Gasteiger partial charge in [-0.05, 0) is 34.4 Å². The maximum atomic E-state index is 10.9. The number of fused-ring (bicyclic) bond motifs is 1. The standard InChI is InChI=1S/C23H23N3O4/c24-12-17-1-3-18(4-2-17)13-25(14-19-5-8-21(9-6-19)26(27)28)15-20-7-10-22-23(11-20)30-16-29-22/h1-11H,12-16,24H2. The fourth-order valence-electron chi connectivity index (χ4n) is 3.49. The van der Waals surface area contributed by atoms with Crippen LogP contribution in [0.1, 0.15) is 22.3 Å². The SMILES string of the molecule is NCc1ccc(CN(Cc2ccc([N+](=O)[O-])cc2)Cc2ccc3c(c2)OCO3)cc1. The van der Waals surface area contributed by atoms with Gasteiger partial charge < -0.3 is 15.2 Å². The number of nitro benzene ring substituents is 1. The summed E-state index contributed by atoms with van der Waals surface area (Å²) in [7, 11) is 0. The lowest BCUT2D eigenvalue weighted by molar-refractivity contribution is -0.384. The monoisotopic (exact) mass is 405 g/mol. The van der Waals surface area contributed by atoms with Crippen molar-refractivity contribution in [2.45, 2.75) is 26.2 Å². The molecular formula is C23H23N3O4. The van der Waals surface area contributed by atoms with E-state index in [-0.39, 0.29) is 17.4 Å². The van der Waals surface area contributed by atoms with Crippen molar-refractivity contribution in [3.63, 3.8) is 0 Å². The van der Waals surface area contributed by atoms with Gasteiger partial charge in [-0.25, -0.2) is 0 Å². The molecule has 4 rings (SSSR count). The molecular weight excluding hydrogens is 382 g/mol. The first-order chi connectivity index (χ1) is 14.6. The van der Waals surface area contributed by atoms with Gasteiger partial charge in [-0.3, -0.25) is 15.0 Å². The van der Waals surface area contributed by atoms with Gasteiger partial charge in [0.25, 0.3) is 5.69 Å². The van der Waals surface area contributed by atoms with E-state index in [0.29, 0.717) is 19.6 Å². The summed E-state index contributed by atoms with van der Waals surface area (Å²) < 4.78 is 10.9. The highest BCUT2D eigenvalue weighted by Crippen LogP contribution is 2.33. The minimum atomic E-state index is -0.382. The van der Waals surface area contributed by atoms with Crippen LogP contribution in [0.2, 0.25) is 0 Å². The zero-order chi connectivity index (χ0) is 20.9. The Labute approximate surface area is 174 Å². The van der Waals surface area contributed by atoms with Crippen molar-refractivity contribution in [3.8, 4) is 11.5 Å². The summed E-state index contributed by atoms with van der Waals surface area (Å²) in [6.45, 7) is 2.86. The molecule has 1 heterocycles. The second-order valence-electron chi connectivity index (χ2n) is 7.28. The smallest absolute Gasteiger partial charge is 0.269 e. The van der Waals surface area contributed by atoms with Gasteiger partial charge in [0.2, 0.25) is 6.79 Å². The molecule has 0 saturated heterocycles. The van der Waals surface area contributed by atoms with Crippen LogP contribution in [-0.2, 0) is 26.2 Å². The lowest BCUT2D eigenvalue weighted by Crippen LogP contribution is -2.22. The number of non-ortho nitro benzene ring substituents is 1. The summed E-state index contributed by atoms with van der Waals surface area (Å²) in [5.74, 6) is 1.52. The van der Waals surface area contributed by atoms with Crippen molar-refractivity contribution in [2.24, 2.45) is 5.73 Å². The number of nitro groups is 1. The largest absolute Gasteiger partial charge is 0.454 e. The molecule has 1 aliphatic heterocycles. The highest BCUT2D eigenvalue weighted by Gasteiger charge is 2.16. The van der Waals surface area contributed by atoms with Crippen LogP contribution in [0.5, 0.6) is 11.5 Å². The normalized spacial score (nSPS) is 12.3. The van der Waals surface area contributed by atoms with Crippen LogP contribution in [0.15, 0.2) is 66.7 Å². The maximum Gasteiger partial charge on any atom is 0.269 e. The molecule has 3 aromatic carbocycles. The summed E-state index contributed by atoms with van der Waals surface area (Å²) in [6, 6.07) is 20.9. The molecule has 0 radical (unpaired) electrons. The Morgan fingerprint density at radius 2 is 1.33 bits per heavy atom. The Morgan fingerprint density at radius 3 is 1.97 bits per heavy atom. The molecule has 0 atom stereocenters. The third kappa shape index (κ3) is 4.76. The van der Waals surface area contributed by atoms with Crippen LogP contribution >= 0.6 is 0 Å². The Kier molecular flexibility index (Phi) is 5.92. The van der Waals surface area contributed by atoms with Crippen molar-refractivity contribution in [2.75, 3.05) is 6.79 Å². The molecule has 0 fully saturated rings. The molecule has 3 aromatic rings. The topological polar surface area (TPSA) is 90.9 Å². The summed E-state index contributed by atoms with van der Waals surface area (Å²) >= 11 is 0. The molecule has 0 saturated carbocycles. The molecule has 0 spiro atoms. The van der Waals surface area contributed by atoms with E-state index in [0.717, 1.165) is 34.7 Å². The van der Waals surface area contributed by atoms with E-state index in [1.165, 1.54) is 5.56 Å². The van der Waals surface area contributed by atoms with E-state index in [1.807, 2.05) is 42.5 Å². The fourth-order valence-corrected chi connectivity index (χ4v) is 3.49. The lowest BCUT2D eigenvalue weighted by atomic mass is 10.1. The summed E-state index contributed by atoms with van der Waals surface area (Å²) in [4.78, 5) is 12.8. The molecule has 0 aromatic heterocycles. The third-order valence-corrected chi connectivity index (χ3v) is 5.06. The Bertz CT molecular complexity index is 1020. The molecule has 2 N–H and O–H groups in total. The predicted molar refractivity (Wildman–Crippen MR) is 113 cm³/mol. The van der Waals surface area contributed by atoms with Gasteiger partial charge >= 0.3 is 0 Å². The van der Waals surface area contributed by atoms with Crippen LogP contribution in [0, 0.1) is 10.1 Å². The molecule has 1 aliphatic rings. The number of benzene rings is 3. The van der Waals surface area contributed by atoms with Crippen LogP contribution < -0.4 is 15.2 Å². The van der Waals surface area contributed by atoms with Gasteiger partial charge in [-0.1, -0.05) is 42.5 Å². The molecule has 0 aliphatic carbocycles. The van der Waals surface area contributed by atoms with Gasteiger partial charge in [0.1, 0.15) is 0 Å². The first-order valence-electron chi connectivity index (χ1n) is 9.73. The zero-order valence-corrected chi connectivity index (χ0v) is 16.5. The lowest BCUT2D eigenvalue weighted by Gasteiger charge is -2.23. The van der Waals surface area contributed by atoms with Crippen LogP contribution in [-0.4, -0.2) is 16.6 Å². The first-order valence-corrected chi connectivity index (χ1v) is 9.73. The molecule has 0 bridgehead atoms. The van der Waals surface area contributed by atoms with E-state index in [1.54, 1.807) is 12.1 Å². The molecule has 30 heavy (non-hydrogen) atoms. The van der Waals surface area contributed by atoms with Crippen molar-refractivity contribution >= 4 is 5.69 Å². The number of hydrogen-bond acceptors (Lipinski definition) is 6. The predicted octanol–water partition coefficient (Wildman–Crippen LogP) is 3.98. The highest BCUT2D eigenvalue weighted by atomic mass is 16.7. The number of nitrogens with two attached hydrogens (primary N) is 1. The number of ether oxygens (including phenoxy) is 2. The van der Waals surface area contributed by atoms with E-state index >= 15 is 0 Å². The van der Waals surface area contributed by atoms with Gasteiger partial charge in [0.15, 0.2) is 11.5 Å². The van der Waals surface area contributed by atoms with E-state index < -0.39 is 0 Å². The molecule has 154 valence electrons. The Hall–Kier alpha value is -3.42. The average Bonchev–Trinajstić information content (AvgIpc) is 3.22. The Morgan fingerprint density at radius 1 is 0.800 bits per heavy atom.